The van der Waals surface area contributed by atoms with Gasteiger partial charge < -0.3 is 14.8 Å². The second-order valence-electron chi connectivity index (χ2n) is 9.92. The molecule has 4 rings (SSSR count). The zero-order valence-corrected chi connectivity index (χ0v) is 23.5. The van der Waals surface area contributed by atoms with Crippen LogP contribution in [0, 0.1) is 5.82 Å². The van der Waals surface area contributed by atoms with Crippen LogP contribution in [0.5, 0.6) is 0 Å². The van der Waals surface area contributed by atoms with Crippen LogP contribution >= 0.6 is 11.8 Å². The van der Waals surface area contributed by atoms with Crippen LogP contribution in [0.4, 0.5) is 4.39 Å². The highest BCUT2D eigenvalue weighted by Gasteiger charge is 2.34. The largest absolute Gasteiger partial charge is 0.354 e. The lowest BCUT2D eigenvalue weighted by Crippen LogP contribution is -2.47. The molecule has 0 bridgehead atoms. The summed E-state index contributed by atoms with van der Waals surface area (Å²) in [5.74, 6) is -0.198. The number of unbranched alkanes of at least 4 members (excludes halogenated alkanes) is 3. The Morgan fingerprint density at radius 3 is 2.62 bits per heavy atom. The molecule has 11 heteroatoms. The minimum atomic E-state index is -0.498. The SMILES string of the molecule is CCCCCCNC(=O)[C@@H]1CCCN1C(=O)Cn1cc(Cc2cncnc2)c(=O)nc1SCc1ccc(F)cc1. The number of nitrogens with one attached hydrogen (secondary N) is 1. The van der Waals surface area contributed by atoms with Crippen molar-refractivity contribution in [2.24, 2.45) is 0 Å². The Balaban J connectivity index is 1.51. The van der Waals surface area contributed by atoms with Crippen LogP contribution in [0.25, 0.3) is 0 Å². The Kier molecular flexibility index (Phi) is 10.8. The van der Waals surface area contributed by atoms with Crippen molar-refractivity contribution in [1.82, 2.24) is 29.7 Å². The molecule has 1 N–H and O–H groups in total. The minimum absolute atomic E-state index is 0.0579. The van der Waals surface area contributed by atoms with Gasteiger partial charge in [-0.3, -0.25) is 14.4 Å². The number of nitrogens with zero attached hydrogens (tertiary/aromatic N) is 5. The molecule has 2 amide bonds. The van der Waals surface area contributed by atoms with E-state index in [1.807, 2.05) is 0 Å². The highest BCUT2D eigenvalue weighted by molar-refractivity contribution is 7.98. The summed E-state index contributed by atoms with van der Waals surface area (Å²) in [6.45, 7) is 3.20. The van der Waals surface area contributed by atoms with Crippen molar-refractivity contribution >= 4 is 23.6 Å². The van der Waals surface area contributed by atoms with E-state index >= 15 is 0 Å². The van der Waals surface area contributed by atoms with Crippen LogP contribution in [-0.2, 0) is 28.3 Å². The van der Waals surface area contributed by atoms with Gasteiger partial charge in [0.1, 0.15) is 24.7 Å². The summed E-state index contributed by atoms with van der Waals surface area (Å²) in [4.78, 5) is 53.3. The summed E-state index contributed by atoms with van der Waals surface area (Å²) in [5, 5.41) is 3.38. The van der Waals surface area contributed by atoms with E-state index in [-0.39, 0.29) is 30.6 Å². The van der Waals surface area contributed by atoms with Gasteiger partial charge >= 0.3 is 0 Å². The van der Waals surface area contributed by atoms with Gasteiger partial charge in [0.2, 0.25) is 11.8 Å². The molecule has 1 atom stereocenters. The smallest absolute Gasteiger partial charge is 0.277 e. The van der Waals surface area contributed by atoms with Gasteiger partial charge in [0.05, 0.1) is 0 Å². The Bertz CT molecular complexity index is 1340. The number of aromatic nitrogens is 4. The molecular weight excluding hydrogens is 531 g/mol. The molecule has 2 aromatic heterocycles. The van der Waals surface area contributed by atoms with Crippen molar-refractivity contribution in [3.63, 3.8) is 0 Å². The Labute approximate surface area is 237 Å². The molecule has 40 heavy (non-hydrogen) atoms. The lowest BCUT2D eigenvalue weighted by molar-refractivity contribution is -0.139. The number of carbonyl (C=O) groups is 2. The average molecular weight is 567 g/mol. The van der Waals surface area contributed by atoms with Gasteiger partial charge in [-0.15, -0.1) is 0 Å². The first-order valence-corrected chi connectivity index (χ1v) is 14.7. The molecule has 1 saturated heterocycles. The Hall–Kier alpha value is -3.60. The van der Waals surface area contributed by atoms with Crippen LogP contribution < -0.4 is 10.9 Å². The highest BCUT2D eigenvalue weighted by atomic mass is 32.2. The molecule has 3 aromatic rings. The third kappa shape index (κ3) is 8.20. The Morgan fingerprint density at radius 1 is 1.10 bits per heavy atom. The van der Waals surface area contributed by atoms with Gasteiger partial charge in [-0.25, -0.2) is 14.4 Å². The fraction of sp³-hybridized carbons (Fsp3) is 0.448. The maximum absolute atomic E-state index is 13.5. The van der Waals surface area contributed by atoms with Crippen LogP contribution in [0.3, 0.4) is 0 Å². The van der Waals surface area contributed by atoms with Crippen molar-refractivity contribution in [3.05, 3.63) is 82.0 Å². The number of thioether (sulfide) groups is 1. The predicted molar refractivity (Wildman–Crippen MR) is 151 cm³/mol. The third-order valence-electron chi connectivity index (χ3n) is 6.83. The van der Waals surface area contributed by atoms with Crippen molar-refractivity contribution in [3.8, 4) is 0 Å². The third-order valence-corrected chi connectivity index (χ3v) is 7.89. The molecule has 1 aromatic carbocycles. The van der Waals surface area contributed by atoms with Crippen LogP contribution in [0.1, 0.15) is 62.1 Å². The van der Waals surface area contributed by atoms with E-state index in [1.165, 1.54) is 30.2 Å². The van der Waals surface area contributed by atoms with E-state index in [1.54, 1.807) is 40.2 Å². The van der Waals surface area contributed by atoms with E-state index in [0.717, 1.165) is 43.2 Å². The first-order chi connectivity index (χ1) is 19.4. The number of halogens is 1. The van der Waals surface area contributed by atoms with Gasteiger partial charge in [-0.1, -0.05) is 50.1 Å². The molecule has 3 heterocycles. The quantitative estimate of drug-likeness (QED) is 0.191. The summed E-state index contributed by atoms with van der Waals surface area (Å²) in [6.07, 6.45) is 12.3. The molecule has 9 nitrogen and oxygen atoms in total. The zero-order chi connectivity index (χ0) is 28.3. The molecular formula is C29H35FN6O3S. The van der Waals surface area contributed by atoms with Crippen LogP contribution in [0.2, 0.25) is 0 Å². The normalized spacial score (nSPS) is 14.8. The van der Waals surface area contributed by atoms with E-state index in [2.05, 4.69) is 27.2 Å². The number of rotatable bonds is 13. The first-order valence-electron chi connectivity index (χ1n) is 13.7. The lowest BCUT2D eigenvalue weighted by Gasteiger charge is -2.25. The van der Waals surface area contributed by atoms with Crippen molar-refractivity contribution in [1.29, 1.82) is 0 Å². The molecule has 1 aliphatic heterocycles. The highest BCUT2D eigenvalue weighted by Crippen LogP contribution is 2.23. The number of benzene rings is 1. The second kappa shape index (κ2) is 14.7. The van der Waals surface area contributed by atoms with Crippen LogP contribution in [0.15, 0.2) is 59.1 Å². The molecule has 1 aliphatic rings. The van der Waals surface area contributed by atoms with Crippen molar-refractivity contribution in [2.45, 2.75) is 75.4 Å². The van der Waals surface area contributed by atoms with Crippen LogP contribution in [-0.4, -0.2) is 55.4 Å². The molecule has 0 spiro atoms. The van der Waals surface area contributed by atoms with Crippen molar-refractivity contribution < 1.29 is 14.0 Å². The molecule has 1 fully saturated rings. The number of hydrogen-bond acceptors (Lipinski definition) is 7. The summed E-state index contributed by atoms with van der Waals surface area (Å²) in [6, 6.07) is 5.62. The number of hydrogen-bond donors (Lipinski definition) is 1. The second-order valence-corrected chi connectivity index (χ2v) is 10.9. The van der Waals surface area contributed by atoms with E-state index in [4.69, 9.17) is 0 Å². The number of carbonyl (C=O) groups excluding carboxylic acids is 2. The standard InChI is InChI=1S/C29H35FN6O3S/c1-2-3-4-5-12-33-28(39)25-7-6-13-36(25)26(37)18-35-17-23(14-22-15-31-20-32-16-22)27(38)34-29(35)40-19-21-8-10-24(30)11-9-21/h8-11,15-17,20,25H,2-7,12-14,18-19H2,1H3,(H,33,39)/t25-/m0/s1. The van der Waals surface area contributed by atoms with Gasteiger partial charge in [0, 0.05) is 49.4 Å². The average Bonchev–Trinajstić information content (AvgIpc) is 3.46. The number of amides is 2. The fourth-order valence-electron chi connectivity index (χ4n) is 4.70. The maximum Gasteiger partial charge on any atom is 0.277 e. The van der Waals surface area contributed by atoms with Gasteiger partial charge in [0.15, 0.2) is 5.16 Å². The van der Waals surface area contributed by atoms with Gasteiger partial charge in [-0.2, -0.15) is 4.98 Å². The minimum Gasteiger partial charge on any atom is -0.354 e. The van der Waals surface area contributed by atoms with E-state index in [9.17, 15) is 18.8 Å². The fourth-order valence-corrected chi connectivity index (χ4v) is 5.62. The zero-order valence-electron chi connectivity index (χ0n) is 22.7. The summed E-state index contributed by atoms with van der Waals surface area (Å²) in [5.41, 5.74) is 1.63. The lowest BCUT2D eigenvalue weighted by atomic mass is 10.1. The monoisotopic (exact) mass is 566 g/mol. The summed E-state index contributed by atoms with van der Waals surface area (Å²) >= 11 is 1.30. The number of likely N-dealkylation sites (tertiary alicyclic amines) is 1. The first kappa shape index (κ1) is 29.4. The summed E-state index contributed by atoms with van der Waals surface area (Å²) in [7, 11) is 0. The molecule has 0 saturated carbocycles. The maximum atomic E-state index is 13.5. The molecule has 0 unspecified atom stereocenters. The van der Waals surface area contributed by atoms with Gasteiger partial charge in [-0.05, 0) is 42.5 Å². The van der Waals surface area contributed by atoms with E-state index in [0.29, 0.717) is 36.0 Å². The van der Waals surface area contributed by atoms with Crippen molar-refractivity contribution in [2.75, 3.05) is 13.1 Å². The predicted octanol–water partition coefficient (Wildman–Crippen LogP) is 3.74. The summed E-state index contributed by atoms with van der Waals surface area (Å²) < 4.78 is 15.0. The molecule has 212 valence electrons. The topological polar surface area (TPSA) is 110 Å². The Morgan fingerprint density at radius 2 is 1.88 bits per heavy atom. The van der Waals surface area contributed by atoms with Gasteiger partial charge in [0.25, 0.3) is 5.56 Å². The molecule has 0 aliphatic carbocycles. The molecule has 0 radical (unpaired) electrons. The van der Waals surface area contributed by atoms with E-state index < -0.39 is 11.6 Å².